The predicted molar refractivity (Wildman–Crippen MR) is 85.8 cm³/mol. The number of amidine groups is 1. The predicted octanol–water partition coefficient (Wildman–Crippen LogP) is 3.87. The highest BCUT2D eigenvalue weighted by molar-refractivity contribution is 5.96. The summed E-state index contributed by atoms with van der Waals surface area (Å²) >= 11 is 0. The molecule has 2 aliphatic rings. The second kappa shape index (κ2) is 4.49. The van der Waals surface area contributed by atoms with Crippen molar-refractivity contribution in [2.24, 2.45) is 22.5 Å². The van der Waals surface area contributed by atoms with E-state index in [-0.39, 0.29) is 11.3 Å². The summed E-state index contributed by atoms with van der Waals surface area (Å²) in [5, 5.41) is 7.56. The molecule has 3 N–H and O–H groups in total. The molecule has 2 bridgehead atoms. The van der Waals surface area contributed by atoms with Gasteiger partial charge < -0.3 is 10.5 Å². The zero-order chi connectivity index (χ0) is 15.4. The maximum absolute atomic E-state index is 7.56. The molecule has 0 radical (unpaired) electrons. The Morgan fingerprint density at radius 3 is 2.52 bits per heavy atom. The van der Waals surface area contributed by atoms with E-state index in [0.717, 1.165) is 29.2 Å². The molecule has 3 rings (SSSR count). The summed E-state index contributed by atoms with van der Waals surface area (Å²) in [6, 6.07) is 5.86. The van der Waals surface area contributed by atoms with Gasteiger partial charge in [-0.1, -0.05) is 20.8 Å². The first-order chi connectivity index (χ1) is 9.75. The van der Waals surface area contributed by atoms with Crippen molar-refractivity contribution in [3.8, 4) is 5.75 Å². The Bertz CT molecular complexity index is 593. The molecule has 3 atom stereocenters. The molecule has 0 aromatic heterocycles. The Morgan fingerprint density at radius 2 is 2.05 bits per heavy atom. The Hall–Kier alpha value is -1.51. The fraction of sp³-hybridized carbons (Fsp3) is 0.611. The molecule has 3 nitrogen and oxygen atoms in total. The van der Waals surface area contributed by atoms with Gasteiger partial charge in [0.2, 0.25) is 0 Å². The zero-order valence-corrected chi connectivity index (χ0v) is 13.5. The number of hydrogen-bond donors (Lipinski definition) is 2. The van der Waals surface area contributed by atoms with Crippen molar-refractivity contribution in [2.75, 3.05) is 0 Å². The summed E-state index contributed by atoms with van der Waals surface area (Å²) in [6.07, 6.45) is 4.07. The van der Waals surface area contributed by atoms with Crippen molar-refractivity contribution in [3.05, 3.63) is 29.3 Å². The van der Waals surface area contributed by atoms with E-state index in [9.17, 15) is 0 Å². The van der Waals surface area contributed by atoms with Crippen LogP contribution in [0.15, 0.2) is 18.2 Å². The first-order valence-electron chi connectivity index (χ1n) is 7.87. The van der Waals surface area contributed by atoms with Crippen LogP contribution in [0.1, 0.15) is 51.2 Å². The summed E-state index contributed by atoms with van der Waals surface area (Å²) in [5.41, 5.74) is 8.01. The third-order valence-corrected chi connectivity index (χ3v) is 6.48. The SMILES string of the molecule is Cc1cc(OC2CC3CCC2(C)C3(C)C)ccc1C(=N)N. The molecule has 0 spiro atoms. The van der Waals surface area contributed by atoms with Gasteiger partial charge >= 0.3 is 0 Å². The van der Waals surface area contributed by atoms with Crippen molar-refractivity contribution >= 4 is 5.84 Å². The van der Waals surface area contributed by atoms with Crippen LogP contribution < -0.4 is 10.5 Å². The minimum Gasteiger partial charge on any atom is -0.490 e. The molecule has 2 fully saturated rings. The summed E-state index contributed by atoms with van der Waals surface area (Å²) in [7, 11) is 0. The fourth-order valence-electron chi connectivity index (χ4n) is 4.48. The van der Waals surface area contributed by atoms with E-state index < -0.39 is 0 Å². The highest BCUT2D eigenvalue weighted by atomic mass is 16.5. The summed E-state index contributed by atoms with van der Waals surface area (Å²) in [6.45, 7) is 9.17. The van der Waals surface area contributed by atoms with Gasteiger partial charge in [0.25, 0.3) is 0 Å². The first kappa shape index (κ1) is 14.4. The van der Waals surface area contributed by atoms with Gasteiger partial charge in [-0.25, -0.2) is 0 Å². The van der Waals surface area contributed by atoms with Crippen molar-refractivity contribution in [2.45, 2.75) is 53.1 Å². The lowest BCUT2D eigenvalue weighted by Gasteiger charge is -2.39. The number of aryl methyl sites for hydroxylation is 1. The minimum atomic E-state index is 0.118. The van der Waals surface area contributed by atoms with Gasteiger partial charge in [0, 0.05) is 11.0 Å². The molecule has 1 aromatic rings. The topological polar surface area (TPSA) is 59.1 Å². The average molecular weight is 286 g/mol. The molecule has 3 heteroatoms. The maximum atomic E-state index is 7.56. The Morgan fingerprint density at radius 1 is 1.33 bits per heavy atom. The molecular formula is C18H26N2O. The third kappa shape index (κ3) is 1.97. The first-order valence-corrected chi connectivity index (χ1v) is 7.87. The molecular weight excluding hydrogens is 260 g/mol. The molecule has 0 heterocycles. The van der Waals surface area contributed by atoms with Gasteiger partial charge in [-0.3, -0.25) is 5.41 Å². The van der Waals surface area contributed by atoms with Gasteiger partial charge in [-0.15, -0.1) is 0 Å². The van der Waals surface area contributed by atoms with Crippen molar-refractivity contribution in [3.63, 3.8) is 0 Å². The van der Waals surface area contributed by atoms with Crippen LogP contribution in [0.25, 0.3) is 0 Å². The largest absolute Gasteiger partial charge is 0.490 e. The number of nitrogens with one attached hydrogen (secondary N) is 1. The lowest BCUT2D eigenvalue weighted by Crippen LogP contribution is -2.38. The second-order valence-corrected chi connectivity index (χ2v) is 7.61. The lowest BCUT2D eigenvalue weighted by molar-refractivity contribution is 0.0301. The zero-order valence-electron chi connectivity index (χ0n) is 13.5. The van der Waals surface area contributed by atoms with E-state index in [1.165, 1.54) is 12.8 Å². The van der Waals surface area contributed by atoms with Gasteiger partial charge in [0.05, 0.1) is 0 Å². The molecule has 1 aromatic carbocycles. The number of rotatable bonds is 3. The van der Waals surface area contributed by atoms with Gasteiger partial charge in [-0.05, 0) is 61.3 Å². The van der Waals surface area contributed by atoms with E-state index in [4.69, 9.17) is 15.9 Å². The summed E-state index contributed by atoms with van der Waals surface area (Å²) < 4.78 is 6.35. The number of nitrogens with two attached hydrogens (primary N) is 1. The highest BCUT2D eigenvalue weighted by Crippen LogP contribution is 2.66. The standard InChI is InChI=1S/C18H26N2O/c1-11-9-13(5-6-14(11)16(19)20)21-15-10-12-7-8-18(15,4)17(12,2)3/h5-6,9,12,15H,7-8,10H2,1-4H3,(H3,19,20). The smallest absolute Gasteiger partial charge is 0.123 e. The quantitative estimate of drug-likeness (QED) is 0.654. The van der Waals surface area contributed by atoms with Gasteiger partial charge in [-0.2, -0.15) is 0 Å². The molecule has 21 heavy (non-hydrogen) atoms. The van der Waals surface area contributed by atoms with Crippen molar-refractivity contribution < 1.29 is 4.74 Å². The van der Waals surface area contributed by atoms with E-state index >= 15 is 0 Å². The van der Waals surface area contributed by atoms with Crippen LogP contribution in [0.5, 0.6) is 5.75 Å². The van der Waals surface area contributed by atoms with Crippen molar-refractivity contribution in [1.82, 2.24) is 0 Å². The minimum absolute atomic E-state index is 0.118. The second-order valence-electron chi connectivity index (χ2n) is 7.61. The monoisotopic (exact) mass is 286 g/mol. The van der Waals surface area contributed by atoms with E-state index in [1.807, 2.05) is 25.1 Å². The molecule has 2 aliphatic carbocycles. The molecule has 0 aliphatic heterocycles. The lowest BCUT2D eigenvalue weighted by atomic mass is 9.70. The normalized spacial score (nSPS) is 33.1. The molecule has 114 valence electrons. The van der Waals surface area contributed by atoms with Crippen LogP contribution in [0.4, 0.5) is 0 Å². The highest BCUT2D eigenvalue weighted by Gasteiger charge is 2.62. The summed E-state index contributed by atoms with van der Waals surface area (Å²) in [4.78, 5) is 0. The number of fused-ring (bicyclic) bond motifs is 2. The number of hydrogen-bond acceptors (Lipinski definition) is 2. The third-order valence-electron chi connectivity index (χ3n) is 6.48. The summed E-state index contributed by atoms with van der Waals surface area (Å²) in [5.74, 6) is 1.81. The van der Waals surface area contributed by atoms with Crippen LogP contribution in [0, 0.1) is 29.1 Å². The van der Waals surface area contributed by atoms with Gasteiger partial charge in [0.1, 0.15) is 17.7 Å². The van der Waals surface area contributed by atoms with Crippen LogP contribution in [-0.2, 0) is 0 Å². The van der Waals surface area contributed by atoms with Crippen LogP contribution >= 0.6 is 0 Å². The number of ether oxygens (including phenoxy) is 1. The Kier molecular flexibility index (Phi) is 3.09. The maximum Gasteiger partial charge on any atom is 0.123 e. The Balaban J connectivity index is 1.83. The molecule has 2 saturated carbocycles. The fourth-order valence-corrected chi connectivity index (χ4v) is 4.48. The van der Waals surface area contributed by atoms with Gasteiger partial charge in [0.15, 0.2) is 0 Å². The van der Waals surface area contributed by atoms with Crippen molar-refractivity contribution in [1.29, 1.82) is 5.41 Å². The number of benzene rings is 1. The number of nitrogen functional groups attached to an aromatic ring is 1. The average Bonchev–Trinajstić information content (AvgIpc) is 2.71. The van der Waals surface area contributed by atoms with E-state index in [0.29, 0.717) is 11.5 Å². The van der Waals surface area contributed by atoms with Crippen LogP contribution in [-0.4, -0.2) is 11.9 Å². The Labute approximate surface area is 127 Å². The van der Waals surface area contributed by atoms with E-state index in [2.05, 4.69) is 20.8 Å². The van der Waals surface area contributed by atoms with E-state index in [1.54, 1.807) is 0 Å². The van der Waals surface area contributed by atoms with Crippen LogP contribution in [0.2, 0.25) is 0 Å². The molecule has 0 amide bonds. The molecule has 3 unspecified atom stereocenters. The van der Waals surface area contributed by atoms with Crippen LogP contribution in [0.3, 0.4) is 0 Å². The molecule has 0 saturated heterocycles.